The number of amides is 2. The van der Waals surface area contributed by atoms with Gasteiger partial charge in [-0.15, -0.1) is 6.58 Å². The largest absolute Gasteiger partial charge is 0.494 e. The average Bonchev–Trinajstić information content (AvgIpc) is 2.87. The summed E-state index contributed by atoms with van der Waals surface area (Å²) in [5, 5.41) is 5.24. The summed E-state index contributed by atoms with van der Waals surface area (Å²) in [6, 6.07) is 16.8. The molecule has 0 aromatic heterocycles. The van der Waals surface area contributed by atoms with E-state index >= 15 is 0 Å². The topological polar surface area (TPSA) is 105 Å². The van der Waals surface area contributed by atoms with Crippen molar-refractivity contribution in [2.24, 2.45) is 0 Å². The minimum atomic E-state index is -4.22. The van der Waals surface area contributed by atoms with E-state index < -0.39 is 34.2 Å². The lowest BCUT2D eigenvalue weighted by molar-refractivity contribution is -0.114. The summed E-state index contributed by atoms with van der Waals surface area (Å²) in [5.41, 5.74) is 0.509. The maximum Gasteiger partial charge on any atom is 0.264 e. The highest BCUT2D eigenvalue weighted by Crippen LogP contribution is 2.26. The van der Waals surface area contributed by atoms with E-state index in [1.54, 1.807) is 19.1 Å². The molecule has 0 unspecified atom stereocenters. The van der Waals surface area contributed by atoms with E-state index in [2.05, 4.69) is 17.2 Å². The molecule has 0 bridgehead atoms. The molecule has 3 aromatic carbocycles. The van der Waals surface area contributed by atoms with Crippen molar-refractivity contribution in [3.63, 3.8) is 0 Å². The van der Waals surface area contributed by atoms with Crippen LogP contribution in [-0.4, -0.2) is 39.9 Å². The van der Waals surface area contributed by atoms with E-state index in [-0.39, 0.29) is 28.4 Å². The second kappa shape index (κ2) is 12.0. The van der Waals surface area contributed by atoms with Crippen LogP contribution < -0.4 is 19.7 Å². The van der Waals surface area contributed by atoms with Gasteiger partial charge in [0.2, 0.25) is 5.91 Å². The molecule has 10 heteroatoms. The van der Waals surface area contributed by atoms with Crippen LogP contribution in [0.5, 0.6) is 5.75 Å². The Morgan fingerprint density at radius 2 is 1.69 bits per heavy atom. The van der Waals surface area contributed by atoms with Crippen LogP contribution >= 0.6 is 0 Å². The van der Waals surface area contributed by atoms with Crippen molar-refractivity contribution < 1.29 is 27.1 Å². The normalized spacial score (nSPS) is 10.8. The number of anilines is 2. The summed E-state index contributed by atoms with van der Waals surface area (Å²) in [6.45, 7) is 5.39. The van der Waals surface area contributed by atoms with Crippen molar-refractivity contribution in [3.8, 4) is 5.75 Å². The van der Waals surface area contributed by atoms with E-state index in [1.807, 2.05) is 0 Å². The predicted molar refractivity (Wildman–Crippen MR) is 136 cm³/mol. The number of halogens is 1. The molecule has 36 heavy (non-hydrogen) atoms. The fourth-order valence-electron chi connectivity index (χ4n) is 3.29. The second-order valence-corrected chi connectivity index (χ2v) is 9.35. The van der Waals surface area contributed by atoms with E-state index in [0.29, 0.717) is 12.4 Å². The van der Waals surface area contributed by atoms with Crippen LogP contribution in [0, 0.1) is 5.82 Å². The van der Waals surface area contributed by atoms with Crippen LogP contribution in [-0.2, 0) is 14.8 Å². The summed E-state index contributed by atoms with van der Waals surface area (Å²) in [5.74, 6) is -1.18. The number of hydrogen-bond acceptors (Lipinski definition) is 5. The van der Waals surface area contributed by atoms with Gasteiger partial charge in [-0.1, -0.05) is 18.2 Å². The molecule has 0 fully saturated rings. The molecule has 0 atom stereocenters. The van der Waals surface area contributed by atoms with Gasteiger partial charge in [0.05, 0.1) is 28.4 Å². The van der Waals surface area contributed by atoms with Crippen LogP contribution in [0.1, 0.15) is 17.3 Å². The Labute approximate surface area is 209 Å². The van der Waals surface area contributed by atoms with Gasteiger partial charge in [0, 0.05) is 6.54 Å². The fourth-order valence-corrected chi connectivity index (χ4v) is 4.72. The van der Waals surface area contributed by atoms with Gasteiger partial charge < -0.3 is 15.4 Å². The summed E-state index contributed by atoms with van der Waals surface area (Å²) in [7, 11) is -4.22. The van der Waals surface area contributed by atoms with Crippen molar-refractivity contribution in [1.82, 2.24) is 5.32 Å². The van der Waals surface area contributed by atoms with Crippen LogP contribution in [0.4, 0.5) is 15.8 Å². The first-order valence-electron chi connectivity index (χ1n) is 11.1. The Balaban J connectivity index is 1.91. The van der Waals surface area contributed by atoms with E-state index in [4.69, 9.17) is 4.74 Å². The molecule has 0 spiro atoms. The first-order chi connectivity index (χ1) is 17.3. The molecule has 8 nitrogen and oxygen atoms in total. The minimum Gasteiger partial charge on any atom is -0.494 e. The molecule has 188 valence electrons. The highest BCUT2D eigenvalue weighted by molar-refractivity contribution is 7.92. The Kier molecular flexibility index (Phi) is 8.80. The lowest BCUT2D eigenvalue weighted by Crippen LogP contribution is -2.38. The number of nitrogens with one attached hydrogen (secondary N) is 2. The molecule has 0 heterocycles. The number of para-hydroxylation sites is 1. The van der Waals surface area contributed by atoms with Crippen molar-refractivity contribution in [3.05, 3.63) is 96.8 Å². The van der Waals surface area contributed by atoms with Gasteiger partial charge >= 0.3 is 0 Å². The van der Waals surface area contributed by atoms with Gasteiger partial charge in [-0.25, -0.2) is 12.8 Å². The quantitative estimate of drug-likeness (QED) is 0.379. The molecular formula is C26H26FN3O5S. The molecule has 3 rings (SSSR count). The molecular weight excluding hydrogens is 485 g/mol. The number of nitrogens with zero attached hydrogens (tertiary/aromatic N) is 1. The number of benzene rings is 3. The molecule has 2 N–H and O–H groups in total. The van der Waals surface area contributed by atoms with Crippen LogP contribution in [0.2, 0.25) is 0 Å². The number of carbonyl (C=O) groups is 2. The number of hydrogen-bond donors (Lipinski definition) is 2. The zero-order chi connectivity index (χ0) is 26.1. The third kappa shape index (κ3) is 6.48. The fraction of sp³-hybridized carbons (Fsp3) is 0.154. The summed E-state index contributed by atoms with van der Waals surface area (Å²) >= 11 is 0. The summed E-state index contributed by atoms with van der Waals surface area (Å²) in [4.78, 5) is 25.4. The molecule has 0 aliphatic heterocycles. The maximum absolute atomic E-state index is 13.5. The molecule has 0 saturated carbocycles. The molecule has 0 aliphatic carbocycles. The minimum absolute atomic E-state index is 0.0766. The first kappa shape index (κ1) is 26.4. The van der Waals surface area contributed by atoms with Gasteiger partial charge in [-0.3, -0.25) is 13.9 Å². The SMILES string of the molecule is C=CCNC(=O)c1ccccc1NC(=O)CN(c1ccc(F)cc1)S(=O)(=O)c1ccc(OCC)cc1. The van der Waals surface area contributed by atoms with Crippen molar-refractivity contribution >= 4 is 33.2 Å². The number of ether oxygens (including phenoxy) is 1. The first-order valence-corrected chi connectivity index (χ1v) is 12.5. The lowest BCUT2D eigenvalue weighted by Gasteiger charge is -2.24. The second-order valence-electron chi connectivity index (χ2n) is 7.48. The van der Waals surface area contributed by atoms with Crippen LogP contribution in [0.15, 0.2) is 90.3 Å². The van der Waals surface area contributed by atoms with Gasteiger partial charge in [-0.05, 0) is 67.6 Å². The molecule has 0 aliphatic rings. The van der Waals surface area contributed by atoms with Crippen molar-refractivity contribution in [2.45, 2.75) is 11.8 Å². The zero-order valence-electron chi connectivity index (χ0n) is 19.6. The van der Waals surface area contributed by atoms with E-state index in [9.17, 15) is 22.4 Å². The Hall–Kier alpha value is -4.18. The summed E-state index contributed by atoms with van der Waals surface area (Å²) < 4.78 is 46.8. The monoisotopic (exact) mass is 511 g/mol. The van der Waals surface area contributed by atoms with Gasteiger partial charge in [0.1, 0.15) is 18.1 Å². The smallest absolute Gasteiger partial charge is 0.264 e. The predicted octanol–water partition coefficient (Wildman–Crippen LogP) is 3.97. The Morgan fingerprint density at radius 1 is 1.03 bits per heavy atom. The highest BCUT2D eigenvalue weighted by Gasteiger charge is 2.28. The summed E-state index contributed by atoms with van der Waals surface area (Å²) in [6.07, 6.45) is 1.52. The van der Waals surface area contributed by atoms with Crippen molar-refractivity contribution in [2.75, 3.05) is 29.3 Å². The van der Waals surface area contributed by atoms with Gasteiger partial charge in [-0.2, -0.15) is 0 Å². The van der Waals surface area contributed by atoms with E-state index in [0.717, 1.165) is 16.4 Å². The molecule has 3 aromatic rings. The third-order valence-electron chi connectivity index (χ3n) is 4.98. The molecule has 0 saturated heterocycles. The standard InChI is InChI=1S/C26H26FN3O5S/c1-3-17-28-26(32)23-7-5-6-8-24(23)29-25(31)18-30(20-11-9-19(27)10-12-20)36(33,34)22-15-13-21(14-16-22)35-4-2/h3,5-16H,1,4,17-18H2,2H3,(H,28,32)(H,29,31). The van der Waals surface area contributed by atoms with Gasteiger partial charge in [0.15, 0.2) is 0 Å². The molecule has 2 amide bonds. The number of carbonyl (C=O) groups excluding carboxylic acids is 2. The zero-order valence-corrected chi connectivity index (χ0v) is 20.4. The average molecular weight is 512 g/mol. The van der Waals surface area contributed by atoms with E-state index in [1.165, 1.54) is 54.6 Å². The third-order valence-corrected chi connectivity index (χ3v) is 6.77. The Bertz CT molecular complexity index is 1330. The maximum atomic E-state index is 13.5. The molecule has 0 radical (unpaired) electrons. The van der Waals surface area contributed by atoms with Crippen molar-refractivity contribution in [1.29, 1.82) is 0 Å². The lowest BCUT2D eigenvalue weighted by atomic mass is 10.1. The number of sulfonamides is 1. The Morgan fingerprint density at radius 3 is 2.33 bits per heavy atom. The van der Waals surface area contributed by atoms with Gasteiger partial charge in [0.25, 0.3) is 15.9 Å². The highest BCUT2D eigenvalue weighted by atomic mass is 32.2. The van der Waals surface area contributed by atoms with Crippen LogP contribution in [0.25, 0.3) is 0 Å². The number of rotatable bonds is 11. The van der Waals surface area contributed by atoms with Crippen LogP contribution in [0.3, 0.4) is 0 Å².